The van der Waals surface area contributed by atoms with Gasteiger partial charge in [-0.1, -0.05) is 12.1 Å². The average molecular weight is 274 g/mol. The summed E-state index contributed by atoms with van der Waals surface area (Å²) in [7, 11) is 1.45. The van der Waals surface area contributed by atoms with Crippen LogP contribution in [-0.4, -0.2) is 30.6 Å². The van der Waals surface area contributed by atoms with Gasteiger partial charge in [0.2, 0.25) is 0 Å². The summed E-state index contributed by atoms with van der Waals surface area (Å²) in [5, 5.41) is 19.7. The molecule has 0 fully saturated rings. The van der Waals surface area contributed by atoms with Crippen molar-refractivity contribution in [3.63, 3.8) is 0 Å². The van der Waals surface area contributed by atoms with E-state index < -0.39 is 11.9 Å². The Balaban J connectivity index is 2.71. The third-order valence-electron chi connectivity index (χ3n) is 2.37. The second-order valence-corrected chi connectivity index (χ2v) is 3.81. The molecular formula is C14H14N2O4. The third kappa shape index (κ3) is 4.82. The molecule has 0 heterocycles. The lowest BCUT2D eigenvalue weighted by atomic mass is 10.1. The second kappa shape index (κ2) is 7.59. The number of likely N-dealkylation sites (N-methyl/N-ethyl adjacent to an activating group) is 1. The molecule has 6 nitrogen and oxygen atoms in total. The lowest BCUT2D eigenvalue weighted by Gasteiger charge is -2.04. The SMILES string of the molecule is CNC(=O)C(C#N)=Cc1ccc(OCCC(=O)O)cc1. The van der Waals surface area contributed by atoms with Crippen LogP contribution in [0.2, 0.25) is 0 Å². The van der Waals surface area contributed by atoms with Crippen LogP contribution in [0.15, 0.2) is 29.8 Å². The fraction of sp³-hybridized carbons (Fsp3) is 0.214. The van der Waals surface area contributed by atoms with Crippen LogP contribution < -0.4 is 10.1 Å². The normalized spacial score (nSPS) is 10.5. The molecule has 0 aliphatic rings. The first-order chi connectivity index (χ1) is 9.56. The summed E-state index contributed by atoms with van der Waals surface area (Å²) in [5.74, 6) is -0.843. The summed E-state index contributed by atoms with van der Waals surface area (Å²) >= 11 is 0. The van der Waals surface area contributed by atoms with Crippen molar-refractivity contribution in [1.29, 1.82) is 5.26 Å². The van der Waals surface area contributed by atoms with E-state index in [-0.39, 0.29) is 18.6 Å². The molecule has 1 rings (SSSR count). The van der Waals surface area contributed by atoms with Gasteiger partial charge in [0.1, 0.15) is 17.4 Å². The van der Waals surface area contributed by atoms with Gasteiger partial charge in [-0.15, -0.1) is 0 Å². The number of hydrogen-bond acceptors (Lipinski definition) is 4. The maximum Gasteiger partial charge on any atom is 0.306 e. The summed E-state index contributed by atoms with van der Waals surface area (Å²) in [5.41, 5.74) is 0.683. The maximum absolute atomic E-state index is 11.3. The minimum Gasteiger partial charge on any atom is -0.493 e. The zero-order valence-corrected chi connectivity index (χ0v) is 10.9. The van der Waals surface area contributed by atoms with Crippen LogP contribution in [0.25, 0.3) is 6.08 Å². The van der Waals surface area contributed by atoms with E-state index in [0.717, 1.165) is 0 Å². The molecule has 0 aliphatic carbocycles. The van der Waals surface area contributed by atoms with Crippen LogP contribution in [0.3, 0.4) is 0 Å². The summed E-state index contributed by atoms with van der Waals surface area (Å²) in [6, 6.07) is 8.46. The molecule has 6 heteroatoms. The Morgan fingerprint density at radius 2 is 2.05 bits per heavy atom. The molecule has 1 aromatic rings. The van der Waals surface area contributed by atoms with E-state index in [1.165, 1.54) is 13.1 Å². The summed E-state index contributed by atoms with van der Waals surface area (Å²) < 4.78 is 5.23. The smallest absolute Gasteiger partial charge is 0.306 e. The third-order valence-corrected chi connectivity index (χ3v) is 2.37. The first-order valence-corrected chi connectivity index (χ1v) is 5.85. The van der Waals surface area contributed by atoms with E-state index >= 15 is 0 Å². The van der Waals surface area contributed by atoms with Gasteiger partial charge in [-0.2, -0.15) is 5.26 Å². The van der Waals surface area contributed by atoms with Gasteiger partial charge in [0.05, 0.1) is 13.0 Å². The number of nitriles is 1. The predicted molar refractivity (Wildman–Crippen MR) is 71.8 cm³/mol. The first-order valence-electron chi connectivity index (χ1n) is 5.85. The number of amides is 1. The van der Waals surface area contributed by atoms with Gasteiger partial charge in [-0.25, -0.2) is 0 Å². The number of rotatable bonds is 6. The van der Waals surface area contributed by atoms with Crippen molar-refractivity contribution in [1.82, 2.24) is 5.32 Å². The highest BCUT2D eigenvalue weighted by Crippen LogP contribution is 2.14. The number of nitrogens with zero attached hydrogens (tertiary/aromatic N) is 1. The zero-order chi connectivity index (χ0) is 15.0. The number of hydrogen-bond donors (Lipinski definition) is 2. The van der Waals surface area contributed by atoms with Crippen LogP contribution in [-0.2, 0) is 9.59 Å². The summed E-state index contributed by atoms with van der Waals surface area (Å²) in [4.78, 5) is 21.7. The highest BCUT2D eigenvalue weighted by atomic mass is 16.5. The van der Waals surface area contributed by atoms with Gasteiger partial charge in [-0.3, -0.25) is 9.59 Å². The molecule has 104 valence electrons. The fourth-order valence-electron chi connectivity index (χ4n) is 1.37. The van der Waals surface area contributed by atoms with E-state index in [1.807, 2.05) is 6.07 Å². The minimum atomic E-state index is -0.922. The monoisotopic (exact) mass is 274 g/mol. The van der Waals surface area contributed by atoms with Crippen molar-refractivity contribution in [3.05, 3.63) is 35.4 Å². The molecule has 1 amide bonds. The number of aliphatic carboxylic acids is 1. The zero-order valence-electron chi connectivity index (χ0n) is 10.9. The molecule has 0 spiro atoms. The number of carboxylic acids is 1. The maximum atomic E-state index is 11.3. The standard InChI is InChI=1S/C14H14N2O4/c1-16-14(19)11(9-15)8-10-2-4-12(5-3-10)20-7-6-13(17)18/h2-5,8H,6-7H2,1H3,(H,16,19)(H,17,18). The number of ether oxygens (including phenoxy) is 1. The Hall–Kier alpha value is -2.81. The number of benzene rings is 1. The van der Waals surface area contributed by atoms with Gasteiger partial charge >= 0.3 is 5.97 Å². The highest BCUT2D eigenvalue weighted by molar-refractivity contribution is 6.01. The van der Waals surface area contributed by atoms with Crippen LogP contribution in [0, 0.1) is 11.3 Å². The Morgan fingerprint density at radius 3 is 2.55 bits per heavy atom. The molecule has 20 heavy (non-hydrogen) atoms. The molecule has 0 saturated heterocycles. The van der Waals surface area contributed by atoms with Crippen molar-refractivity contribution in [3.8, 4) is 11.8 Å². The molecule has 2 N–H and O–H groups in total. The second-order valence-electron chi connectivity index (χ2n) is 3.81. The Kier molecular flexibility index (Phi) is 5.78. The van der Waals surface area contributed by atoms with E-state index in [0.29, 0.717) is 11.3 Å². The van der Waals surface area contributed by atoms with Crippen molar-refractivity contribution in [2.24, 2.45) is 0 Å². The molecule has 0 aromatic heterocycles. The topological polar surface area (TPSA) is 99.4 Å². The molecule has 0 saturated carbocycles. The largest absolute Gasteiger partial charge is 0.493 e. The number of nitrogens with one attached hydrogen (secondary N) is 1. The van der Waals surface area contributed by atoms with Gasteiger partial charge in [0.25, 0.3) is 5.91 Å². The fourth-order valence-corrected chi connectivity index (χ4v) is 1.37. The average Bonchev–Trinajstić information content (AvgIpc) is 2.45. The molecular weight excluding hydrogens is 260 g/mol. The van der Waals surface area contributed by atoms with E-state index in [4.69, 9.17) is 15.1 Å². The Labute approximate surface area is 116 Å². The lowest BCUT2D eigenvalue weighted by molar-refractivity contribution is -0.137. The van der Waals surface area contributed by atoms with Crippen molar-refractivity contribution in [2.75, 3.05) is 13.7 Å². The summed E-state index contributed by atoms with van der Waals surface area (Å²) in [6.45, 7) is 0.0895. The molecule has 0 radical (unpaired) electrons. The first kappa shape index (κ1) is 15.2. The van der Waals surface area contributed by atoms with Crippen LogP contribution in [0.5, 0.6) is 5.75 Å². The van der Waals surface area contributed by atoms with E-state index in [1.54, 1.807) is 24.3 Å². The van der Waals surface area contributed by atoms with Crippen molar-refractivity contribution < 1.29 is 19.4 Å². The van der Waals surface area contributed by atoms with Crippen LogP contribution in [0.4, 0.5) is 0 Å². The van der Waals surface area contributed by atoms with Gasteiger partial charge in [-0.05, 0) is 23.8 Å². The minimum absolute atomic E-state index is 0.00652. The molecule has 0 unspecified atom stereocenters. The van der Waals surface area contributed by atoms with E-state index in [2.05, 4.69) is 5.32 Å². The van der Waals surface area contributed by atoms with Gasteiger partial charge in [0.15, 0.2) is 0 Å². The highest BCUT2D eigenvalue weighted by Gasteiger charge is 2.06. The van der Waals surface area contributed by atoms with Gasteiger partial charge < -0.3 is 15.2 Å². The van der Waals surface area contributed by atoms with Crippen molar-refractivity contribution >= 4 is 18.0 Å². The van der Waals surface area contributed by atoms with Crippen molar-refractivity contribution in [2.45, 2.75) is 6.42 Å². The van der Waals surface area contributed by atoms with E-state index in [9.17, 15) is 9.59 Å². The Bertz CT molecular complexity index is 556. The Morgan fingerprint density at radius 1 is 1.40 bits per heavy atom. The van der Waals surface area contributed by atoms with Crippen LogP contribution in [0.1, 0.15) is 12.0 Å². The molecule has 1 aromatic carbocycles. The molecule has 0 atom stereocenters. The molecule has 0 aliphatic heterocycles. The molecule has 0 bridgehead atoms. The lowest BCUT2D eigenvalue weighted by Crippen LogP contribution is -2.19. The quantitative estimate of drug-likeness (QED) is 0.599. The van der Waals surface area contributed by atoms with Crippen LogP contribution >= 0.6 is 0 Å². The predicted octanol–water partition coefficient (Wildman–Crippen LogP) is 1.19. The number of carbonyl (C=O) groups excluding carboxylic acids is 1. The number of carboxylic acid groups (broad SMARTS) is 1. The summed E-state index contributed by atoms with van der Waals surface area (Å²) in [6.07, 6.45) is 1.39. The number of carbonyl (C=O) groups is 2. The van der Waals surface area contributed by atoms with Gasteiger partial charge in [0, 0.05) is 7.05 Å².